The van der Waals surface area contributed by atoms with Gasteiger partial charge in [0.2, 0.25) is 5.91 Å². The molecule has 4 rings (SSSR count). The predicted molar refractivity (Wildman–Crippen MR) is 96.1 cm³/mol. The van der Waals surface area contributed by atoms with Crippen LogP contribution in [0, 0.1) is 0 Å². The van der Waals surface area contributed by atoms with E-state index >= 15 is 0 Å². The molecule has 1 saturated heterocycles. The Labute approximate surface area is 148 Å². The van der Waals surface area contributed by atoms with Crippen molar-refractivity contribution in [3.63, 3.8) is 0 Å². The molecule has 0 N–H and O–H groups in total. The summed E-state index contributed by atoms with van der Waals surface area (Å²) in [7, 11) is 2.10. The second kappa shape index (κ2) is 6.83. The van der Waals surface area contributed by atoms with E-state index in [0.29, 0.717) is 0 Å². The maximum absolute atomic E-state index is 13.2. The van der Waals surface area contributed by atoms with Crippen LogP contribution in [0.2, 0.25) is 0 Å². The minimum absolute atomic E-state index is 0. The van der Waals surface area contributed by atoms with Gasteiger partial charge in [-0.1, -0.05) is 36.4 Å². The number of halogens is 1. The summed E-state index contributed by atoms with van der Waals surface area (Å²) in [6.45, 7) is 3.44. The fraction of sp³-hybridized carbons (Fsp3) is 0.316. The van der Waals surface area contributed by atoms with E-state index < -0.39 is 0 Å². The SMILES string of the molecule is CN1CCN(C(=O)C2c3ccccc3Oc3ccccc32)CC1.Cl. The van der Waals surface area contributed by atoms with Crippen molar-refractivity contribution in [1.82, 2.24) is 9.80 Å². The summed E-state index contributed by atoms with van der Waals surface area (Å²) in [5, 5.41) is 0. The lowest BCUT2D eigenvalue weighted by Crippen LogP contribution is -2.49. The fourth-order valence-electron chi connectivity index (χ4n) is 3.39. The van der Waals surface area contributed by atoms with Crippen molar-refractivity contribution in [2.24, 2.45) is 0 Å². The maximum Gasteiger partial charge on any atom is 0.234 e. The van der Waals surface area contributed by atoms with Gasteiger partial charge >= 0.3 is 0 Å². The molecule has 2 aromatic carbocycles. The Kier molecular flexibility index (Phi) is 4.78. The summed E-state index contributed by atoms with van der Waals surface area (Å²) in [4.78, 5) is 17.5. The standard InChI is InChI=1S/C19H20N2O2.ClH/c1-20-10-12-21(13-11-20)19(22)18-14-6-2-4-8-16(14)23-17-9-5-3-7-15(17)18;/h2-9,18H,10-13H2,1H3;1H. The lowest BCUT2D eigenvalue weighted by Gasteiger charge is -2.36. The van der Waals surface area contributed by atoms with Crippen LogP contribution in [0.3, 0.4) is 0 Å². The van der Waals surface area contributed by atoms with Crippen LogP contribution in [-0.4, -0.2) is 48.9 Å². The number of rotatable bonds is 1. The molecular weight excluding hydrogens is 324 g/mol. The number of hydrogen-bond donors (Lipinski definition) is 0. The Balaban J connectivity index is 0.00000169. The number of para-hydroxylation sites is 2. The van der Waals surface area contributed by atoms with Gasteiger partial charge in [0.05, 0.1) is 5.92 Å². The van der Waals surface area contributed by atoms with Crippen molar-refractivity contribution in [1.29, 1.82) is 0 Å². The first kappa shape index (κ1) is 16.8. The zero-order valence-electron chi connectivity index (χ0n) is 13.6. The Morgan fingerprint density at radius 2 is 1.42 bits per heavy atom. The van der Waals surface area contributed by atoms with Gasteiger partial charge in [-0.15, -0.1) is 12.4 Å². The molecular formula is C19H21ClN2O2. The Bertz CT molecular complexity index is 696. The molecule has 1 fully saturated rings. The molecule has 0 aromatic heterocycles. The van der Waals surface area contributed by atoms with Crippen LogP contribution in [-0.2, 0) is 4.79 Å². The molecule has 24 heavy (non-hydrogen) atoms. The predicted octanol–water partition coefficient (Wildman–Crippen LogP) is 3.12. The molecule has 4 nitrogen and oxygen atoms in total. The van der Waals surface area contributed by atoms with Gasteiger partial charge in [-0.25, -0.2) is 0 Å². The molecule has 0 atom stereocenters. The number of ether oxygens (including phenoxy) is 1. The average Bonchev–Trinajstić information content (AvgIpc) is 2.59. The second-order valence-electron chi connectivity index (χ2n) is 6.24. The van der Waals surface area contributed by atoms with E-state index in [-0.39, 0.29) is 24.2 Å². The number of hydrogen-bond acceptors (Lipinski definition) is 3. The van der Waals surface area contributed by atoms with E-state index in [0.717, 1.165) is 48.8 Å². The topological polar surface area (TPSA) is 32.8 Å². The van der Waals surface area contributed by atoms with Gasteiger partial charge in [-0.3, -0.25) is 4.79 Å². The number of carbonyl (C=O) groups excluding carboxylic acids is 1. The molecule has 0 aliphatic carbocycles. The van der Waals surface area contributed by atoms with Gasteiger partial charge in [0, 0.05) is 37.3 Å². The lowest BCUT2D eigenvalue weighted by molar-refractivity contribution is -0.133. The van der Waals surface area contributed by atoms with Crippen LogP contribution in [0.15, 0.2) is 48.5 Å². The first-order valence-electron chi connectivity index (χ1n) is 8.07. The van der Waals surface area contributed by atoms with Crippen molar-refractivity contribution < 1.29 is 9.53 Å². The maximum atomic E-state index is 13.2. The molecule has 2 aliphatic rings. The molecule has 2 heterocycles. The highest BCUT2D eigenvalue weighted by atomic mass is 35.5. The third kappa shape index (κ3) is 2.87. The highest BCUT2D eigenvalue weighted by Crippen LogP contribution is 2.44. The van der Waals surface area contributed by atoms with E-state index in [1.807, 2.05) is 53.4 Å². The van der Waals surface area contributed by atoms with Crippen LogP contribution < -0.4 is 4.74 Å². The molecule has 2 aromatic rings. The molecule has 5 heteroatoms. The first-order chi connectivity index (χ1) is 11.2. The van der Waals surface area contributed by atoms with E-state index in [1.54, 1.807) is 0 Å². The summed E-state index contributed by atoms with van der Waals surface area (Å²) >= 11 is 0. The van der Waals surface area contributed by atoms with Gasteiger partial charge in [0.1, 0.15) is 11.5 Å². The van der Waals surface area contributed by atoms with Gasteiger partial charge in [-0.05, 0) is 19.2 Å². The molecule has 0 radical (unpaired) electrons. The van der Waals surface area contributed by atoms with Crippen LogP contribution in [0.1, 0.15) is 17.0 Å². The van der Waals surface area contributed by atoms with Crippen LogP contribution in [0.4, 0.5) is 0 Å². The Morgan fingerprint density at radius 1 is 0.917 bits per heavy atom. The first-order valence-corrected chi connectivity index (χ1v) is 8.07. The molecule has 2 aliphatic heterocycles. The van der Waals surface area contributed by atoms with Crippen molar-refractivity contribution in [2.45, 2.75) is 5.92 Å². The van der Waals surface area contributed by atoms with E-state index in [9.17, 15) is 4.79 Å². The molecule has 0 bridgehead atoms. The zero-order chi connectivity index (χ0) is 15.8. The zero-order valence-corrected chi connectivity index (χ0v) is 14.5. The van der Waals surface area contributed by atoms with Gasteiger partial charge < -0.3 is 14.5 Å². The average molecular weight is 345 g/mol. The second-order valence-corrected chi connectivity index (χ2v) is 6.24. The summed E-state index contributed by atoms with van der Waals surface area (Å²) < 4.78 is 5.98. The molecule has 0 saturated carbocycles. The number of benzene rings is 2. The number of piperazine rings is 1. The number of nitrogens with zero attached hydrogens (tertiary/aromatic N) is 2. The molecule has 1 amide bonds. The highest BCUT2D eigenvalue weighted by Gasteiger charge is 2.35. The molecule has 126 valence electrons. The van der Waals surface area contributed by atoms with Crippen molar-refractivity contribution >= 4 is 18.3 Å². The Hall–Kier alpha value is -2.04. The fourth-order valence-corrected chi connectivity index (χ4v) is 3.39. The van der Waals surface area contributed by atoms with E-state index in [2.05, 4.69) is 11.9 Å². The Morgan fingerprint density at radius 3 is 1.96 bits per heavy atom. The largest absolute Gasteiger partial charge is 0.457 e. The summed E-state index contributed by atoms with van der Waals surface area (Å²) in [6.07, 6.45) is 0. The normalized spacial score (nSPS) is 17.3. The van der Waals surface area contributed by atoms with E-state index in [4.69, 9.17) is 4.74 Å². The van der Waals surface area contributed by atoms with Crippen molar-refractivity contribution in [3.8, 4) is 11.5 Å². The molecule has 0 spiro atoms. The summed E-state index contributed by atoms with van der Waals surface area (Å²) in [6, 6.07) is 15.7. The van der Waals surface area contributed by atoms with Crippen molar-refractivity contribution in [3.05, 3.63) is 59.7 Å². The summed E-state index contributed by atoms with van der Waals surface area (Å²) in [5.74, 6) is 1.50. The quantitative estimate of drug-likeness (QED) is 0.797. The van der Waals surface area contributed by atoms with Gasteiger partial charge in [0.25, 0.3) is 0 Å². The van der Waals surface area contributed by atoms with Crippen LogP contribution in [0.5, 0.6) is 11.5 Å². The van der Waals surface area contributed by atoms with Crippen molar-refractivity contribution in [2.75, 3.05) is 33.2 Å². The van der Waals surface area contributed by atoms with Gasteiger partial charge in [0.15, 0.2) is 0 Å². The van der Waals surface area contributed by atoms with E-state index in [1.165, 1.54) is 0 Å². The third-order valence-electron chi connectivity index (χ3n) is 4.74. The number of carbonyl (C=O) groups is 1. The minimum atomic E-state index is -0.264. The lowest BCUT2D eigenvalue weighted by atomic mass is 9.86. The monoisotopic (exact) mass is 344 g/mol. The number of amides is 1. The number of likely N-dealkylation sites (N-methyl/N-ethyl adjacent to an activating group) is 1. The van der Waals surface area contributed by atoms with Gasteiger partial charge in [-0.2, -0.15) is 0 Å². The smallest absolute Gasteiger partial charge is 0.234 e. The summed E-state index contributed by atoms with van der Waals surface area (Å²) in [5.41, 5.74) is 1.94. The third-order valence-corrected chi connectivity index (χ3v) is 4.74. The highest BCUT2D eigenvalue weighted by molar-refractivity contribution is 5.89. The number of fused-ring (bicyclic) bond motifs is 2. The minimum Gasteiger partial charge on any atom is -0.457 e. The van der Waals surface area contributed by atoms with Crippen LogP contribution in [0.25, 0.3) is 0 Å². The van der Waals surface area contributed by atoms with Crippen LogP contribution >= 0.6 is 12.4 Å². The molecule has 0 unspecified atom stereocenters.